The second-order valence-electron chi connectivity index (χ2n) is 5.39. The Hall–Kier alpha value is -2.22. The van der Waals surface area contributed by atoms with Gasteiger partial charge in [-0.1, -0.05) is 0 Å². The van der Waals surface area contributed by atoms with Crippen molar-refractivity contribution < 1.29 is 8.78 Å². The van der Waals surface area contributed by atoms with Crippen LogP contribution in [0.5, 0.6) is 0 Å². The molecular weight excluding hydrogens is 272 g/mol. The first-order valence-corrected chi connectivity index (χ1v) is 7.01. The van der Waals surface area contributed by atoms with Crippen LogP contribution in [0.25, 0.3) is 10.9 Å². The minimum atomic E-state index is -2.56. The van der Waals surface area contributed by atoms with E-state index in [4.69, 9.17) is 5.26 Å². The van der Waals surface area contributed by atoms with Crippen LogP contribution in [0, 0.1) is 11.3 Å². The van der Waals surface area contributed by atoms with Crippen LogP contribution in [0.3, 0.4) is 0 Å². The Balaban J connectivity index is 1.89. The molecule has 1 aliphatic rings. The molecule has 0 aliphatic carbocycles. The van der Waals surface area contributed by atoms with E-state index in [1.54, 1.807) is 18.2 Å². The smallest absolute Gasteiger partial charge is 0.249 e. The molecule has 0 bridgehead atoms. The number of hydrogen-bond acceptors (Lipinski definition) is 3. The van der Waals surface area contributed by atoms with Crippen molar-refractivity contribution in [2.24, 2.45) is 0 Å². The summed E-state index contributed by atoms with van der Waals surface area (Å²) >= 11 is 0. The van der Waals surface area contributed by atoms with E-state index in [-0.39, 0.29) is 12.8 Å². The lowest BCUT2D eigenvalue weighted by molar-refractivity contribution is -0.0102. The summed E-state index contributed by atoms with van der Waals surface area (Å²) in [7, 11) is 0. The molecule has 0 N–H and O–H groups in total. The molecule has 1 aromatic carbocycles. The predicted octanol–water partition coefficient (Wildman–Crippen LogP) is 3.73. The number of anilines is 1. The largest absolute Gasteiger partial charge is 0.356 e. The van der Waals surface area contributed by atoms with E-state index in [0.29, 0.717) is 25.1 Å². The van der Waals surface area contributed by atoms with Gasteiger partial charge in [-0.25, -0.2) is 13.8 Å². The van der Waals surface area contributed by atoms with Gasteiger partial charge in [0.15, 0.2) is 0 Å². The first kappa shape index (κ1) is 13.7. The first-order chi connectivity index (χ1) is 10.1. The third-order valence-corrected chi connectivity index (χ3v) is 3.85. The maximum absolute atomic E-state index is 13.4. The number of aromatic nitrogens is 1. The molecule has 108 valence electrons. The molecule has 2 aromatic rings. The number of benzene rings is 1. The highest BCUT2D eigenvalue weighted by Gasteiger charge is 2.31. The van der Waals surface area contributed by atoms with E-state index < -0.39 is 5.92 Å². The Labute approximate surface area is 121 Å². The standard InChI is InChI=1S/C16H15F2N3/c17-16(18)6-1-8-21(9-7-16)15-5-3-13-10-12(11-19)2-4-14(13)20-15/h2-5,10H,1,6-9H2. The fraction of sp³-hybridized carbons (Fsp3) is 0.375. The van der Waals surface area contributed by atoms with E-state index in [9.17, 15) is 8.78 Å². The van der Waals surface area contributed by atoms with Gasteiger partial charge in [-0.2, -0.15) is 5.26 Å². The molecule has 0 atom stereocenters. The fourth-order valence-electron chi connectivity index (χ4n) is 2.65. The Morgan fingerprint density at radius 1 is 1.14 bits per heavy atom. The summed E-state index contributed by atoms with van der Waals surface area (Å²) in [6, 6.07) is 11.1. The van der Waals surface area contributed by atoms with E-state index in [2.05, 4.69) is 11.1 Å². The highest BCUT2D eigenvalue weighted by atomic mass is 19.3. The van der Waals surface area contributed by atoms with Crippen LogP contribution in [-0.2, 0) is 0 Å². The second-order valence-corrected chi connectivity index (χ2v) is 5.39. The summed E-state index contributed by atoms with van der Waals surface area (Å²) in [6.07, 6.45) is 0.294. The summed E-state index contributed by atoms with van der Waals surface area (Å²) < 4.78 is 26.8. The number of hydrogen-bond donors (Lipinski definition) is 0. The van der Waals surface area contributed by atoms with Gasteiger partial charge in [0, 0.05) is 31.3 Å². The summed E-state index contributed by atoms with van der Waals surface area (Å²) in [6.45, 7) is 0.923. The number of nitriles is 1. The van der Waals surface area contributed by atoms with Crippen molar-refractivity contribution in [3.63, 3.8) is 0 Å². The molecule has 0 saturated carbocycles. The second kappa shape index (κ2) is 5.28. The van der Waals surface area contributed by atoms with Crippen molar-refractivity contribution in [3.8, 4) is 6.07 Å². The van der Waals surface area contributed by atoms with Gasteiger partial charge in [0.25, 0.3) is 0 Å². The average Bonchev–Trinajstić information content (AvgIpc) is 2.67. The number of nitrogens with zero attached hydrogens (tertiary/aromatic N) is 3. The molecule has 1 fully saturated rings. The zero-order valence-corrected chi connectivity index (χ0v) is 11.5. The molecular formula is C16H15F2N3. The van der Waals surface area contributed by atoms with Crippen LogP contribution in [0.4, 0.5) is 14.6 Å². The summed E-state index contributed by atoms with van der Waals surface area (Å²) in [5.74, 6) is -1.84. The molecule has 1 aliphatic heterocycles. The van der Waals surface area contributed by atoms with Gasteiger partial charge in [-0.3, -0.25) is 0 Å². The maximum atomic E-state index is 13.4. The van der Waals surface area contributed by atoms with Crippen molar-refractivity contribution in [2.75, 3.05) is 18.0 Å². The number of halogens is 2. The van der Waals surface area contributed by atoms with Crippen LogP contribution in [0.2, 0.25) is 0 Å². The van der Waals surface area contributed by atoms with Gasteiger partial charge >= 0.3 is 0 Å². The minimum absolute atomic E-state index is 0.0530. The van der Waals surface area contributed by atoms with E-state index in [0.717, 1.165) is 16.7 Å². The van der Waals surface area contributed by atoms with Gasteiger partial charge in [0.05, 0.1) is 17.1 Å². The number of pyridine rings is 1. The first-order valence-electron chi connectivity index (χ1n) is 7.01. The van der Waals surface area contributed by atoms with Gasteiger partial charge < -0.3 is 4.90 Å². The highest BCUT2D eigenvalue weighted by Crippen LogP contribution is 2.30. The lowest BCUT2D eigenvalue weighted by Crippen LogP contribution is -2.26. The van der Waals surface area contributed by atoms with Crippen LogP contribution >= 0.6 is 0 Å². The Kier molecular flexibility index (Phi) is 3.46. The van der Waals surface area contributed by atoms with Crippen molar-refractivity contribution >= 4 is 16.7 Å². The van der Waals surface area contributed by atoms with Crippen LogP contribution < -0.4 is 4.90 Å². The van der Waals surface area contributed by atoms with E-state index >= 15 is 0 Å². The highest BCUT2D eigenvalue weighted by molar-refractivity contribution is 5.81. The van der Waals surface area contributed by atoms with Crippen LogP contribution in [0.1, 0.15) is 24.8 Å². The molecule has 3 rings (SSSR count). The lowest BCUT2D eigenvalue weighted by atomic mass is 10.1. The number of alkyl halides is 2. The van der Waals surface area contributed by atoms with Gasteiger partial charge in [-0.15, -0.1) is 0 Å². The summed E-state index contributed by atoms with van der Waals surface area (Å²) in [4.78, 5) is 6.45. The quantitative estimate of drug-likeness (QED) is 0.802. The molecule has 2 heterocycles. The predicted molar refractivity (Wildman–Crippen MR) is 77.5 cm³/mol. The van der Waals surface area contributed by atoms with E-state index in [1.165, 1.54) is 0 Å². The summed E-state index contributed by atoms with van der Waals surface area (Å²) in [5, 5.41) is 9.77. The van der Waals surface area contributed by atoms with Crippen LogP contribution in [0.15, 0.2) is 30.3 Å². The third kappa shape index (κ3) is 2.94. The molecule has 1 saturated heterocycles. The average molecular weight is 287 g/mol. The zero-order chi connectivity index (χ0) is 14.9. The Bertz CT molecular complexity index is 706. The summed E-state index contributed by atoms with van der Waals surface area (Å²) in [5.41, 5.74) is 1.37. The Morgan fingerprint density at radius 2 is 2.00 bits per heavy atom. The molecule has 3 nitrogen and oxygen atoms in total. The number of rotatable bonds is 1. The number of fused-ring (bicyclic) bond motifs is 1. The SMILES string of the molecule is N#Cc1ccc2nc(N3CCCC(F)(F)CC3)ccc2c1. The zero-order valence-electron chi connectivity index (χ0n) is 11.5. The molecule has 5 heteroatoms. The topological polar surface area (TPSA) is 39.9 Å². The molecule has 21 heavy (non-hydrogen) atoms. The minimum Gasteiger partial charge on any atom is -0.356 e. The molecule has 0 radical (unpaired) electrons. The molecule has 0 spiro atoms. The van der Waals surface area contributed by atoms with Crippen LogP contribution in [-0.4, -0.2) is 24.0 Å². The Morgan fingerprint density at radius 3 is 2.81 bits per heavy atom. The van der Waals surface area contributed by atoms with Gasteiger partial charge in [0.1, 0.15) is 5.82 Å². The lowest BCUT2D eigenvalue weighted by Gasteiger charge is -2.21. The monoisotopic (exact) mass is 287 g/mol. The molecule has 0 amide bonds. The van der Waals surface area contributed by atoms with Gasteiger partial charge in [-0.05, 0) is 36.8 Å². The van der Waals surface area contributed by atoms with Crippen molar-refractivity contribution in [1.29, 1.82) is 5.26 Å². The third-order valence-electron chi connectivity index (χ3n) is 3.85. The van der Waals surface area contributed by atoms with Gasteiger partial charge in [0.2, 0.25) is 5.92 Å². The fourth-order valence-corrected chi connectivity index (χ4v) is 2.65. The normalized spacial score (nSPS) is 18.2. The molecule has 0 unspecified atom stereocenters. The maximum Gasteiger partial charge on any atom is 0.249 e. The van der Waals surface area contributed by atoms with Crippen molar-refractivity contribution in [1.82, 2.24) is 4.98 Å². The van der Waals surface area contributed by atoms with Crippen molar-refractivity contribution in [2.45, 2.75) is 25.2 Å². The molecule has 1 aromatic heterocycles. The van der Waals surface area contributed by atoms with Crippen molar-refractivity contribution in [3.05, 3.63) is 35.9 Å². The van der Waals surface area contributed by atoms with E-state index in [1.807, 2.05) is 17.0 Å².